The summed E-state index contributed by atoms with van der Waals surface area (Å²) >= 11 is 0. The zero-order valence-corrected chi connectivity index (χ0v) is 18.5. The van der Waals surface area contributed by atoms with Crippen molar-refractivity contribution in [1.82, 2.24) is 4.90 Å². The summed E-state index contributed by atoms with van der Waals surface area (Å²) in [5.41, 5.74) is 3.84. The molecule has 0 aliphatic carbocycles. The van der Waals surface area contributed by atoms with Gasteiger partial charge < -0.3 is 4.74 Å². The molecule has 0 N–H and O–H groups in total. The van der Waals surface area contributed by atoms with E-state index < -0.39 is 5.54 Å². The van der Waals surface area contributed by atoms with Crippen molar-refractivity contribution in [3.05, 3.63) is 144 Å². The first-order valence-electron chi connectivity index (χ1n) is 11.4. The number of benzene rings is 4. The SMILES string of the molecule is O=C(OCc1ccccc1)C1CCN1C(c1ccccc1)(c1ccccc1)c1ccccc1. The van der Waals surface area contributed by atoms with Gasteiger partial charge in [-0.3, -0.25) is 9.69 Å². The van der Waals surface area contributed by atoms with Gasteiger partial charge in [-0.1, -0.05) is 121 Å². The number of ether oxygens (including phenoxy) is 1. The highest BCUT2D eigenvalue weighted by Crippen LogP contribution is 2.46. The van der Waals surface area contributed by atoms with E-state index in [1.54, 1.807) is 0 Å². The molecule has 0 amide bonds. The van der Waals surface area contributed by atoms with Crippen molar-refractivity contribution in [1.29, 1.82) is 0 Å². The molecule has 1 heterocycles. The van der Waals surface area contributed by atoms with Crippen LogP contribution in [0.5, 0.6) is 0 Å². The summed E-state index contributed by atoms with van der Waals surface area (Å²) in [4.78, 5) is 15.6. The fourth-order valence-electron chi connectivity index (χ4n) is 4.89. The monoisotopic (exact) mass is 433 g/mol. The Labute approximate surface area is 195 Å². The number of nitrogens with zero attached hydrogens (tertiary/aromatic N) is 1. The topological polar surface area (TPSA) is 29.5 Å². The first kappa shape index (κ1) is 21.2. The van der Waals surface area contributed by atoms with Crippen molar-refractivity contribution in [3.8, 4) is 0 Å². The highest BCUT2D eigenvalue weighted by molar-refractivity contribution is 5.77. The molecule has 1 atom stereocenters. The molecule has 3 nitrogen and oxygen atoms in total. The van der Waals surface area contributed by atoms with Gasteiger partial charge in [-0.25, -0.2) is 0 Å². The van der Waals surface area contributed by atoms with Crippen LogP contribution in [0.15, 0.2) is 121 Å². The predicted molar refractivity (Wildman–Crippen MR) is 131 cm³/mol. The lowest BCUT2D eigenvalue weighted by Gasteiger charge is -2.53. The zero-order chi connectivity index (χ0) is 22.5. The third-order valence-corrected chi connectivity index (χ3v) is 6.52. The summed E-state index contributed by atoms with van der Waals surface area (Å²) in [7, 11) is 0. The summed E-state index contributed by atoms with van der Waals surface area (Å²) in [5, 5.41) is 0. The minimum atomic E-state index is -0.585. The van der Waals surface area contributed by atoms with Crippen molar-refractivity contribution in [2.75, 3.05) is 6.54 Å². The van der Waals surface area contributed by atoms with E-state index in [4.69, 9.17) is 4.74 Å². The standard InChI is InChI=1S/C30H27NO2/c32-29(33-23-24-13-5-1-6-14-24)28-21-22-31(28)30(25-15-7-2-8-16-25,26-17-9-3-10-18-26)27-19-11-4-12-20-27/h1-20,28H,21-23H2. The molecule has 0 aromatic heterocycles. The summed E-state index contributed by atoms with van der Waals surface area (Å²) < 4.78 is 5.78. The van der Waals surface area contributed by atoms with E-state index in [9.17, 15) is 4.79 Å². The molecule has 1 fully saturated rings. The van der Waals surface area contributed by atoms with Crippen LogP contribution >= 0.6 is 0 Å². The van der Waals surface area contributed by atoms with Gasteiger partial charge >= 0.3 is 5.97 Å². The summed E-state index contributed by atoms with van der Waals surface area (Å²) in [6, 6.07) is 41.0. The van der Waals surface area contributed by atoms with Crippen LogP contribution in [0.25, 0.3) is 0 Å². The molecule has 0 saturated carbocycles. The third-order valence-electron chi connectivity index (χ3n) is 6.52. The fourth-order valence-corrected chi connectivity index (χ4v) is 4.89. The van der Waals surface area contributed by atoms with Crippen molar-refractivity contribution < 1.29 is 9.53 Å². The number of hydrogen-bond donors (Lipinski definition) is 0. The van der Waals surface area contributed by atoms with E-state index in [0.717, 1.165) is 35.2 Å². The van der Waals surface area contributed by atoms with E-state index in [1.807, 2.05) is 48.5 Å². The van der Waals surface area contributed by atoms with Gasteiger partial charge in [-0.15, -0.1) is 0 Å². The molecule has 1 aliphatic heterocycles. The Hall–Kier alpha value is -3.69. The lowest BCUT2D eigenvalue weighted by atomic mass is 9.72. The van der Waals surface area contributed by atoms with Gasteiger partial charge in [0.2, 0.25) is 0 Å². The molecule has 1 aliphatic rings. The molecule has 0 radical (unpaired) electrons. The van der Waals surface area contributed by atoms with Gasteiger partial charge in [-0.05, 0) is 28.7 Å². The maximum atomic E-state index is 13.3. The van der Waals surface area contributed by atoms with E-state index in [-0.39, 0.29) is 12.0 Å². The number of carbonyl (C=O) groups is 1. The molecular weight excluding hydrogens is 406 g/mol. The Morgan fingerprint density at radius 2 is 1.12 bits per heavy atom. The molecule has 3 heteroatoms. The molecule has 5 rings (SSSR count). The van der Waals surface area contributed by atoms with E-state index in [0.29, 0.717) is 6.61 Å². The van der Waals surface area contributed by atoms with E-state index >= 15 is 0 Å². The van der Waals surface area contributed by atoms with Crippen molar-refractivity contribution in [2.45, 2.75) is 24.6 Å². The molecular formula is C30H27NO2. The molecule has 4 aromatic carbocycles. The largest absolute Gasteiger partial charge is 0.460 e. The second kappa shape index (κ2) is 9.43. The fraction of sp³-hybridized carbons (Fsp3) is 0.167. The van der Waals surface area contributed by atoms with Crippen molar-refractivity contribution in [2.24, 2.45) is 0 Å². The Morgan fingerprint density at radius 3 is 1.52 bits per heavy atom. The first-order chi connectivity index (χ1) is 16.3. The second-order valence-corrected chi connectivity index (χ2v) is 8.40. The van der Waals surface area contributed by atoms with Gasteiger partial charge in [0.1, 0.15) is 12.6 Å². The van der Waals surface area contributed by atoms with Crippen LogP contribution in [0.3, 0.4) is 0 Å². The van der Waals surface area contributed by atoms with Crippen LogP contribution in [0, 0.1) is 0 Å². The second-order valence-electron chi connectivity index (χ2n) is 8.40. The molecule has 33 heavy (non-hydrogen) atoms. The van der Waals surface area contributed by atoms with Crippen LogP contribution in [-0.4, -0.2) is 23.5 Å². The zero-order valence-electron chi connectivity index (χ0n) is 18.5. The third kappa shape index (κ3) is 3.96. The molecule has 1 unspecified atom stereocenters. The minimum Gasteiger partial charge on any atom is -0.460 e. The lowest BCUT2D eigenvalue weighted by Crippen LogP contribution is -2.63. The van der Waals surface area contributed by atoms with E-state index in [1.165, 1.54) is 0 Å². The van der Waals surface area contributed by atoms with Gasteiger partial charge in [0.15, 0.2) is 0 Å². The predicted octanol–water partition coefficient (Wildman–Crippen LogP) is 5.80. The van der Waals surface area contributed by atoms with Crippen molar-refractivity contribution in [3.63, 3.8) is 0 Å². The first-order valence-corrected chi connectivity index (χ1v) is 11.4. The Balaban J connectivity index is 1.57. The van der Waals surface area contributed by atoms with Gasteiger partial charge in [0, 0.05) is 6.54 Å². The smallest absolute Gasteiger partial charge is 0.323 e. The number of likely N-dealkylation sites (tertiary alicyclic amines) is 1. The average molecular weight is 434 g/mol. The van der Waals surface area contributed by atoms with Crippen LogP contribution < -0.4 is 0 Å². The number of carbonyl (C=O) groups excluding carboxylic acids is 1. The van der Waals surface area contributed by atoms with Crippen molar-refractivity contribution >= 4 is 5.97 Å². The number of esters is 1. The van der Waals surface area contributed by atoms with E-state index in [2.05, 4.69) is 77.7 Å². The Kier molecular flexibility index (Phi) is 6.05. The minimum absolute atomic E-state index is 0.169. The summed E-state index contributed by atoms with van der Waals surface area (Å²) in [5.74, 6) is -0.169. The Bertz CT molecular complexity index is 1080. The molecule has 164 valence electrons. The summed E-state index contributed by atoms with van der Waals surface area (Å²) in [6.07, 6.45) is 0.780. The normalized spacial score (nSPS) is 16.1. The summed E-state index contributed by atoms with van der Waals surface area (Å²) in [6.45, 7) is 1.10. The van der Waals surface area contributed by atoms with Gasteiger partial charge in [-0.2, -0.15) is 0 Å². The lowest BCUT2D eigenvalue weighted by molar-refractivity contribution is -0.160. The van der Waals surface area contributed by atoms with Crippen LogP contribution in [0.1, 0.15) is 28.7 Å². The van der Waals surface area contributed by atoms with Gasteiger partial charge in [0.05, 0.1) is 5.54 Å². The molecule has 1 saturated heterocycles. The molecule has 0 bridgehead atoms. The maximum absolute atomic E-state index is 13.3. The molecule has 4 aromatic rings. The van der Waals surface area contributed by atoms with Crippen LogP contribution in [0.4, 0.5) is 0 Å². The maximum Gasteiger partial charge on any atom is 0.323 e. The quantitative estimate of drug-likeness (QED) is 0.273. The van der Waals surface area contributed by atoms with Gasteiger partial charge in [0.25, 0.3) is 0 Å². The number of hydrogen-bond acceptors (Lipinski definition) is 3. The number of rotatable bonds is 7. The average Bonchev–Trinajstić information content (AvgIpc) is 2.87. The van der Waals surface area contributed by atoms with Crippen LogP contribution in [0.2, 0.25) is 0 Å². The molecule has 0 spiro atoms. The highest BCUT2D eigenvalue weighted by atomic mass is 16.5. The van der Waals surface area contributed by atoms with Crippen LogP contribution in [-0.2, 0) is 21.7 Å². The highest BCUT2D eigenvalue weighted by Gasteiger charge is 2.51. The Morgan fingerprint density at radius 1 is 0.697 bits per heavy atom.